The fourth-order valence-electron chi connectivity index (χ4n) is 2.96. The fraction of sp³-hybridized carbons (Fsp3) is 0.438. The topological polar surface area (TPSA) is 66.3 Å². The van der Waals surface area contributed by atoms with Crippen LogP contribution in [0.1, 0.15) is 18.8 Å². The minimum atomic E-state index is -0.0776. The molecule has 23 heavy (non-hydrogen) atoms. The van der Waals surface area contributed by atoms with Crippen LogP contribution in [0.4, 0.5) is 10.5 Å². The zero-order valence-electron chi connectivity index (χ0n) is 13.5. The first-order valence-corrected chi connectivity index (χ1v) is 7.86. The van der Waals surface area contributed by atoms with Crippen LogP contribution < -0.4 is 5.32 Å². The Balaban J connectivity index is 1.72. The molecule has 7 nitrogen and oxygen atoms in total. The van der Waals surface area contributed by atoms with Gasteiger partial charge in [0.1, 0.15) is 5.82 Å². The van der Waals surface area contributed by atoms with Gasteiger partial charge in [-0.15, -0.1) is 0 Å². The van der Waals surface area contributed by atoms with Gasteiger partial charge in [-0.1, -0.05) is 6.92 Å². The molecule has 1 fully saturated rings. The second-order valence-corrected chi connectivity index (χ2v) is 5.65. The van der Waals surface area contributed by atoms with Gasteiger partial charge in [-0.05, 0) is 18.7 Å². The molecule has 2 aromatic rings. The quantitative estimate of drug-likeness (QED) is 0.937. The van der Waals surface area contributed by atoms with Crippen molar-refractivity contribution < 1.29 is 4.79 Å². The van der Waals surface area contributed by atoms with Crippen LogP contribution in [0, 0.1) is 0 Å². The number of likely N-dealkylation sites (N-methyl/N-ethyl adjacent to an activating group) is 1. The minimum Gasteiger partial charge on any atom is -0.337 e. The summed E-state index contributed by atoms with van der Waals surface area (Å²) >= 11 is 0. The molecule has 0 aromatic carbocycles. The molecule has 1 aliphatic rings. The summed E-state index contributed by atoms with van der Waals surface area (Å²) in [7, 11) is 1.99. The van der Waals surface area contributed by atoms with Gasteiger partial charge in [0.05, 0.1) is 6.04 Å². The van der Waals surface area contributed by atoms with Crippen molar-refractivity contribution in [3.8, 4) is 0 Å². The van der Waals surface area contributed by atoms with Crippen molar-refractivity contribution in [1.82, 2.24) is 24.3 Å². The molecule has 2 amide bonds. The van der Waals surface area contributed by atoms with Gasteiger partial charge in [0.15, 0.2) is 0 Å². The Kier molecular flexibility index (Phi) is 4.57. The van der Waals surface area contributed by atoms with E-state index in [0.29, 0.717) is 13.1 Å². The molecular formula is C16H22N6O. The van der Waals surface area contributed by atoms with Crippen molar-refractivity contribution in [3.63, 3.8) is 0 Å². The number of hydrogen-bond acceptors (Lipinski definition) is 4. The zero-order chi connectivity index (χ0) is 16.2. The number of amides is 2. The lowest BCUT2D eigenvalue weighted by molar-refractivity contribution is 0.0927. The summed E-state index contributed by atoms with van der Waals surface area (Å²) in [6.45, 7) is 5.28. The Morgan fingerprint density at radius 3 is 2.74 bits per heavy atom. The largest absolute Gasteiger partial charge is 0.337 e. The number of carbonyl (C=O) groups is 1. The monoisotopic (exact) mass is 314 g/mol. The number of pyridine rings is 1. The van der Waals surface area contributed by atoms with Crippen molar-refractivity contribution in [3.05, 3.63) is 42.7 Å². The Hall–Kier alpha value is -2.41. The van der Waals surface area contributed by atoms with Gasteiger partial charge in [-0.2, -0.15) is 0 Å². The number of anilines is 1. The lowest BCUT2D eigenvalue weighted by atomic mass is 10.1. The summed E-state index contributed by atoms with van der Waals surface area (Å²) in [6.07, 6.45) is 7.08. The van der Waals surface area contributed by atoms with Crippen LogP contribution in [0.15, 0.2) is 36.9 Å². The summed E-state index contributed by atoms with van der Waals surface area (Å²) < 4.78 is 2.03. The van der Waals surface area contributed by atoms with Crippen LogP contribution in [0.25, 0.3) is 0 Å². The van der Waals surface area contributed by atoms with Crippen molar-refractivity contribution in [1.29, 1.82) is 0 Å². The van der Waals surface area contributed by atoms with Crippen LogP contribution >= 0.6 is 0 Å². The molecule has 1 atom stereocenters. The van der Waals surface area contributed by atoms with Gasteiger partial charge < -0.3 is 14.8 Å². The van der Waals surface area contributed by atoms with Crippen LogP contribution in [0.5, 0.6) is 0 Å². The Morgan fingerprint density at radius 1 is 1.30 bits per heavy atom. The first kappa shape index (κ1) is 15.5. The summed E-state index contributed by atoms with van der Waals surface area (Å²) in [5.41, 5.74) is 0.761. The molecule has 0 bridgehead atoms. The number of imidazole rings is 1. The lowest BCUT2D eigenvalue weighted by Gasteiger charge is -2.40. The van der Waals surface area contributed by atoms with E-state index in [1.807, 2.05) is 22.7 Å². The van der Waals surface area contributed by atoms with E-state index < -0.39 is 0 Å². The number of carbonyl (C=O) groups excluding carboxylic acids is 1. The maximum Gasteiger partial charge on any atom is 0.321 e. The number of nitrogens with zero attached hydrogens (tertiary/aromatic N) is 5. The highest BCUT2D eigenvalue weighted by Crippen LogP contribution is 2.24. The number of hydrogen-bond donors (Lipinski definition) is 1. The zero-order valence-corrected chi connectivity index (χ0v) is 13.5. The van der Waals surface area contributed by atoms with E-state index in [4.69, 9.17) is 0 Å². The molecule has 7 heteroatoms. The number of nitrogens with one attached hydrogen (secondary N) is 1. The average Bonchev–Trinajstić information content (AvgIpc) is 3.01. The SMILES string of the molecule is CCN1CCN(C(=O)Nc2ccncc2)CC1c1nccn1C. The predicted molar refractivity (Wildman–Crippen MR) is 88.0 cm³/mol. The van der Waals surface area contributed by atoms with Gasteiger partial charge in [0.2, 0.25) is 0 Å². The first-order valence-electron chi connectivity index (χ1n) is 7.86. The average molecular weight is 314 g/mol. The third-order valence-electron chi connectivity index (χ3n) is 4.27. The molecule has 122 valence electrons. The van der Waals surface area contributed by atoms with Gasteiger partial charge >= 0.3 is 6.03 Å². The Morgan fingerprint density at radius 2 is 2.09 bits per heavy atom. The van der Waals surface area contributed by atoms with Crippen molar-refractivity contribution in [2.75, 3.05) is 31.5 Å². The summed E-state index contributed by atoms with van der Waals surface area (Å²) in [4.78, 5) is 25.2. The van der Waals surface area contributed by atoms with E-state index in [1.165, 1.54) is 0 Å². The maximum absolute atomic E-state index is 12.5. The second kappa shape index (κ2) is 6.78. The number of aryl methyl sites for hydroxylation is 1. The van der Waals surface area contributed by atoms with Crippen molar-refractivity contribution in [2.24, 2.45) is 7.05 Å². The standard InChI is InChI=1S/C16H22N6O/c1-3-21-10-11-22(12-14(21)15-18-8-9-20(15)2)16(23)19-13-4-6-17-7-5-13/h4-9,14H,3,10-12H2,1-2H3,(H,17,19,23). The van der Waals surface area contributed by atoms with E-state index in [1.54, 1.807) is 30.7 Å². The molecule has 0 spiro atoms. The highest BCUT2D eigenvalue weighted by atomic mass is 16.2. The minimum absolute atomic E-state index is 0.0776. The van der Waals surface area contributed by atoms with Crippen LogP contribution in [0.3, 0.4) is 0 Å². The molecule has 1 N–H and O–H groups in total. The van der Waals surface area contributed by atoms with Gasteiger partial charge in [-0.25, -0.2) is 9.78 Å². The smallest absolute Gasteiger partial charge is 0.321 e. The van der Waals surface area contributed by atoms with Crippen molar-refractivity contribution in [2.45, 2.75) is 13.0 Å². The molecule has 1 saturated heterocycles. The maximum atomic E-state index is 12.5. The fourth-order valence-corrected chi connectivity index (χ4v) is 2.96. The molecular weight excluding hydrogens is 292 g/mol. The highest BCUT2D eigenvalue weighted by molar-refractivity contribution is 5.89. The molecule has 0 saturated carbocycles. The molecule has 3 rings (SSSR count). The molecule has 2 aromatic heterocycles. The highest BCUT2D eigenvalue weighted by Gasteiger charge is 2.31. The Labute approximate surface area is 135 Å². The summed E-state index contributed by atoms with van der Waals surface area (Å²) in [5.74, 6) is 0.994. The van der Waals surface area contributed by atoms with E-state index in [0.717, 1.165) is 24.6 Å². The number of urea groups is 1. The number of piperazine rings is 1. The Bertz CT molecular complexity index is 656. The molecule has 0 aliphatic carbocycles. The molecule has 3 heterocycles. The van der Waals surface area contributed by atoms with Gasteiger partial charge in [-0.3, -0.25) is 9.88 Å². The first-order chi connectivity index (χ1) is 11.2. The molecule has 0 radical (unpaired) electrons. The number of rotatable bonds is 3. The second-order valence-electron chi connectivity index (χ2n) is 5.65. The van der Waals surface area contributed by atoms with Crippen LogP contribution in [0.2, 0.25) is 0 Å². The predicted octanol–water partition coefficient (Wildman–Crippen LogP) is 1.73. The summed E-state index contributed by atoms with van der Waals surface area (Å²) in [6, 6.07) is 3.62. The third kappa shape index (κ3) is 3.34. The normalized spacial score (nSPS) is 18.9. The van der Waals surface area contributed by atoms with E-state index in [-0.39, 0.29) is 12.1 Å². The van der Waals surface area contributed by atoms with Crippen LogP contribution in [-0.4, -0.2) is 56.5 Å². The third-order valence-corrected chi connectivity index (χ3v) is 4.27. The van der Waals surface area contributed by atoms with Crippen molar-refractivity contribution >= 4 is 11.7 Å². The van der Waals surface area contributed by atoms with E-state index in [2.05, 4.69) is 27.1 Å². The van der Waals surface area contributed by atoms with E-state index >= 15 is 0 Å². The number of aromatic nitrogens is 3. The molecule has 1 unspecified atom stereocenters. The van der Waals surface area contributed by atoms with Crippen LogP contribution in [-0.2, 0) is 7.05 Å². The van der Waals surface area contributed by atoms with Gasteiger partial charge in [0, 0.05) is 57.2 Å². The molecule has 1 aliphatic heterocycles. The van der Waals surface area contributed by atoms with E-state index in [9.17, 15) is 4.79 Å². The van der Waals surface area contributed by atoms with Gasteiger partial charge in [0.25, 0.3) is 0 Å². The summed E-state index contributed by atoms with van der Waals surface area (Å²) in [5, 5.41) is 2.93. The lowest BCUT2D eigenvalue weighted by Crippen LogP contribution is -2.52.